The number of hydrogen-bond donors (Lipinski definition) is 1. The molecule has 0 aliphatic heterocycles. The van der Waals surface area contributed by atoms with Crippen molar-refractivity contribution in [2.75, 3.05) is 0 Å². The van der Waals surface area contributed by atoms with Crippen LogP contribution in [0.1, 0.15) is 39.0 Å². The Morgan fingerprint density at radius 3 is 2.64 bits per heavy atom. The van der Waals surface area contributed by atoms with E-state index >= 15 is 0 Å². The van der Waals surface area contributed by atoms with E-state index in [1.165, 1.54) is 0 Å². The fraction of sp³-hybridized carbons (Fsp3) is 0.583. The van der Waals surface area contributed by atoms with Crippen molar-refractivity contribution in [3.8, 4) is 0 Å². The summed E-state index contributed by atoms with van der Waals surface area (Å²) in [4.78, 5) is 11.2. The Labute approximate surface area is 86.1 Å². The normalized spacial score (nSPS) is 16.6. The number of hydrogen-bond acceptors (Lipinski definition) is 1. The first-order valence-corrected chi connectivity index (χ1v) is 5.45. The van der Waals surface area contributed by atoms with Gasteiger partial charge in [0.15, 0.2) is 0 Å². The average molecular weight is 193 g/mol. The minimum atomic E-state index is 0.0620. The van der Waals surface area contributed by atoms with Gasteiger partial charge in [0.2, 0.25) is 5.91 Å². The van der Waals surface area contributed by atoms with Crippen LogP contribution in [0, 0.1) is 0 Å². The lowest BCUT2D eigenvalue weighted by Crippen LogP contribution is -2.22. The van der Waals surface area contributed by atoms with E-state index in [1.54, 1.807) is 6.08 Å². The van der Waals surface area contributed by atoms with Crippen LogP contribution in [0.3, 0.4) is 0 Å². The Hall–Kier alpha value is -1.05. The molecule has 1 saturated carbocycles. The van der Waals surface area contributed by atoms with E-state index in [2.05, 4.69) is 24.4 Å². The average Bonchev–Trinajstić information content (AvgIpc) is 2.95. The van der Waals surface area contributed by atoms with Crippen molar-refractivity contribution in [3.63, 3.8) is 0 Å². The van der Waals surface area contributed by atoms with E-state index in [4.69, 9.17) is 0 Å². The molecule has 1 amide bonds. The molecule has 0 heterocycles. The van der Waals surface area contributed by atoms with E-state index in [0.29, 0.717) is 6.04 Å². The highest BCUT2D eigenvalue weighted by atomic mass is 16.1. The lowest BCUT2D eigenvalue weighted by Gasteiger charge is -1.95. The zero-order chi connectivity index (χ0) is 10.2. The van der Waals surface area contributed by atoms with Gasteiger partial charge in [0.25, 0.3) is 0 Å². The molecule has 14 heavy (non-hydrogen) atoms. The van der Waals surface area contributed by atoms with E-state index in [1.807, 2.05) is 6.08 Å². The van der Waals surface area contributed by atoms with Crippen molar-refractivity contribution in [1.29, 1.82) is 0 Å². The molecule has 0 atom stereocenters. The summed E-state index contributed by atoms with van der Waals surface area (Å²) < 4.78 is 0. The summed E-state index contributed by atoms with van der Waals surface area (Å²) in [5, 5.41) is 2.91. The summed E-state index contributed by atoms with van der Waals surface area (Å²) in [5.74, 6) is 0.0620. The highest BCUT2D eigenvalue weighted by Gasteiger charge is 2.21. The van der Waals surface area contributed by atoms with Crippen molar-refractivity contribution in [1.82, 2.24) is 5.32 Å². The van der Waals surface area contributed by atoms with Gasteiger partial charge >= 0.3 is 0 Å². The van der Waals surface area contributed by atoms with E-state index in [0.717, 1.165) is 32.1 Å². The van der Waals surface area contributed by atoms with Crippen LogP contribution in [0.25, 0.3) is 0 Å². The molecule has 0 radical (unpaired) electrons. The number of allylic oxidation sites excluding steroid dienone is 3. The second-order valence-corrected chi connectivity index (χ2v) is 3.64. The van der Waals surface area contributed by atoms with Crippen molar-refractivity contribution in [3.05, 3.63) is 24.3 Å². The summed E-state index contributed by atoms with van der Waals surface area (Å²) >= 11 is 0. The van der Waals surface area contributed by atoms with Gasteiger partial charge in [-0.2, -0.15) is 0 Å². The van der Waals surface area contributed by atoms with Gasteiger partial charge in [0, 0.05) is 6.04 Å². The smallest absolute Gasteiger partial charge is 0.243 e. The molecule has 0 aromatic carbocycles. The third kappa shape index (κ3) is 5.57. The largest absolute Gasteiger partial charge is 0.350 e. The first kappa shape index (κ1) is 11.0. The molecule has 2 nitrogen and oxygen atoms in total. The lowest BCUT2D eigenvalue weighted by molar-refractivity contribution is -0.116. The topological polar surface area (TPSA) is 29.1 Å². The van der Waals surface area contributed by atoms with Crippen LogP contribution in [0.5, 0.6) is 0 Å². The maximum Gasteiger partial charge on any atom is 0.243 e. The van der Waals surface area contributed by atoms with Crippen LogP contribution in [0.2, 0.25) is 0 Å². The molecular formula is C12H19NO. The molecule has 0 unspecified atom stereocenters. The molecule has 2 heteroatoms. The van der Waals surface area contributed by atoms with Gasteiger partial charge in [0.1, 0.15) is 0 Å². The molecule has 0 bridgehead atoms. The summed E-state index contributed by atoms with van der Waals surface area (Å²) in [6.45, 7) is 2.12. The van der Waals surface area contributed by atoms with E-state index in [9.17, 15) is 4.79 Å². The van der Waals surface area contributed by atoms with Crippen LogP contribution in [-0.2, 0) is 4.79 Å². The molecule has 1 fully saturated rings. The first-order valence-electron chi connectivity index (χ1n) is 5.45. The maximum absolute atomic E-state index is 11.2. The Morgan fingerprint density at radius 1 is 1.29 bits per heavy atom. The highest BCUT2D eigenvalue weighted by Crippen LogP contribution is 2.18. The highest BCUT2D eigenvalue weighted by molar-refractivity contribution is 5.87. The van der Waals surface area contributed by atoms with Crippen LogP contribution in [-0.4, -0.2) is 11.9 Å². The van der Waals surface area contributed by atoms with Crippen LogP contribution in [0.15, 0.2) is 24.3 Å². The predicted molar refractivity (Wildman–Crippen MR) is 59.0 cm³/mol. The number of unbranched alkanes of at least 4 members (excludes halogenated alkanes) is 1. The van der Waals surface area contributed by atoms with Gasteiger partial charge in [-0.25, -0.2) is 0 Å². The fourth-order valence-corrected chi connectivity index (χ4v) is 1.14. The second-order valence-electron chi connectivity index (χ2n) is 3.64. The minimum Gasteiger partial charge on any atom is -0.350 e. The lowest BCUT2D eigenvalue weighted by atomic mass is 10.2. The summed E-state index contributed by atoms with van der Waals surface area (Å²) in [7, 11) is 0. The number of nitrogens with one attached hydrogen (secondary N) is 1. The van der Waals surface area contributed by atoms with Crippen LogP contribution >= 0.6 is 0 Å². The molecule has 0 spiro atoms. The Balaban J connectivity index is 2.00. The van der Waals surface area contributed by atoms with Gasteiger partial charge < -0.3 is 5.32 Å². The number of amides is 1. The fourth-order valence-electron chi connectivity index (χ4n) is 1.14. The first-order chi connectivity index (χ1) is 6.83. The monoisotopic (exact) mass is 193 g/mol. The van der Waals surface area contributed by atoms with Gasteiger partial charge in [0.05, 0.1) is 0 Å². The molecule has 0 saturated heterocycles. The van der Waals surface area contributed by atoms with Gasteiger partial charge in [-0.15, -0.1) is 0 Å². The third-order valence-corrected chi connectivity index (χ3v) is 2.10. The van der Waals surface area contributed by atoms with Gasteiger partial charge in [-0.05, 0) is 38.2 Å². The van der Waals surface area contributed by atoms with Crippen molar-refractivity contribution in [2.24, 2.45) is 0 Å². The molecule has 1 rings (SSSR count). The quantitative estimate of drug-likeness (QED) is 0.392. The summed E-state index contributed by atoms with van der Waals surface area (Å²) in [5.41, 5.74) is 0. The zero-order valence-electron chi connectivity index (χ0n) is 8.83. The zero-order valence-corrected chi connectivity index (χ0v) is 8.83. The summed E-state index contributed by atoms with van der Waals surface area (Å²) in [6.07, 6.45) is 13.3. The van der Waals surface area contributed by atoms with Crippen LogP contribution in [0.4, 0.5) is 0 Å². The van der Waals surface area contributed by atoms with Crippen LogP contribution < -0.4 is 5.32 Å². The van der Waals surface area contributed by atoms with E-state index in [-0.39, 0.29) is 5.91 Å². The van der Waals surface area contributed by atoms with Crippen molar-refractivity contribution < 1.29 is 4.79 Å². The minimum absolute atomic E-state index is 0.0620. The maximum atomic E-state index is 11.2. The van der Waals surface area contributed by atoms with Crippen molar-refractivity contribution in [2.45, 2.75) is 45.1 Å². The molecule has 1 aliphatic carbocycles. The molecule has 78 valence electrons. The Morgan fingerprint density at radius 2 is 2.00 bits per heavy atom. The number of carbonyl (C=O) groups excluding carboxylic acids is 1. The standard InChI is InChI=1S/C12H19NO/c1-2-3-4-5-6-7-8-12(14)13-11-9-10-11/h3-4,7-8,11H,2,5-6,9-10H2,1H3,(H,13,14)/b4-3?,8-7+. The number of rotatable bonds is 6. The van der Waals surface area contributed by atoms with E-state index < -0.39 is 0 Å². The second kappa shape index (κ2) is 6.41. The summed E-state index contributed by atoms with van der Waals surface area (Å²) in [6, 6.07) is 0.465. The molecular weight excluding hydrogens is 174 g/mol. The SMILES string of the molecule is CCC=CCC/C=C/C(=O)NC1CC1. The molecule has 0 aromatic heterocycles. The number of carbonyl (C=O) groups is 1. The van der Waals surface area contributed by atoms with Crippen molar-refractivity contribution >= 4 is 5.91 Å². The van der Waals surface area contributed by atoms with Gasteiger partial charge in [-0.3, -0.25) is 4.79 Å². The van der Waals surface area contributed by atoms with Gasteiger partial charge in [-0.1, -0.05) is 25.2 Å². The molecule has 1 N–H and O–H groups in total. The molecule has 0 aromatic rings. The predicted octanol–water partition coefficient (Wildman–Crippen LogP) is 2.57. The molecule has 1 aliphatic rings. The Kier molecular flexibility index (Phi) is 5.05. The Bertz CT molecular complexity index is 226. The third-order valence-electron chi connectivity index (χ3n) is 2.10.